The second-order valence-electron chi connectivity index (χ2n) is 4.65. The zero-order valence-corrected chi connectivity index (χ0v) is 10.9. The molecule has 0 aliphatic rings. The van der Waals surface area contributed by atoms with Crippen molar-refractivity contribution in [3.8, 4) is 0 Å². The van der Waals surface area contributed by atoms with E-state index in [-0.39, 0.29) is 5.41 Å². The molecule has 74 valence electrons. The molecule has 0 fully saturated rings. The van der Waals surface area contributed by atoms with Crippen LogP contribution in [0.4, 0.5) is 0 Å². The van der Waals surface area contributed by atoms with Crippen LogP contribution in [0.5, 0.6) is 0 Å². The Morgan fingerprint density at radius 2 is 1.86 bits per heavy atom. The fraction of sp³-hybridized carbons (Fsp3) is 0.333. The van der Waals surface area contributed by atoms with Crippen LogP contribution in [0, 0.1) is 0 Å². The van der Waals surface area contributed by atoms with Gasteiger partial charge in [0.05, 0.1) is 28.4 Å². The van der Waals surface area contributed by atoms with E-state index in [1.807, 2.05) is 0 Å². The summed E-state index contributed by atoms with van der Waals surface area (Å²) < 4.78 is 2.12. The zero-order valence-electron chi connectivity index (χ0n) is 8.71. The van der Waals surface area contributed by atoms with Crippen LogP contribution >= 0.6 is 22.9 Å². The molecule has 1 heterocycles. The summed E-state index contributed by atoms with van der Waals surface area (Å²) in [5.41, 5.74) is 2.92. The summed E-state index contributed by atoms with van der Waals surface area (Å²) in [6, 6.07) is 8.86. The van der Waals surface area contributed by atoms with Crippen LogP contribution in [0.15, 0.2) is 30.5 Å². The fourth-order valence-corrected chi connectivity index (χ4v) is 2.18. The van der Waals surface area contributed by atoms with E-state index in [2.05, 4.69) is 76.9 Å². The maximum absolute atomic E-state index is 2.30. The number of rotatable bonds is 0. The Labute approximate surface area is 98.6 Å². The summed E-state index contributed by atoms with van der Waals surface area (Å²) >= 11 is 2.30. The molecule has 0 spiro atoms. The van der Waals surface area contributed by atoms with Gasteiger partial charge in [0.2, 0.25) is 0 Å². The Kier molecular flexibility index (Phi) is 2.33. The average Bonchev–Trinajstić information content (AvgIpc) is 2.46. The van der Waals surface area contributed by atoms with E-state index < -0.39 is 0 Å². The summed E-state index contributed by atoms with van der Waals surface area (Å²) in [4.78, 5) is 0. The monoisotopic (exact) mass is 299 g/mol. The zero-order chi connectivity index (χ0) is 10.3. The summed E-state index contributed by atoms with van der Waals surface area (Å²) in [6.07, 6.45) is 2.09. The Morgan fingerprint density at radius 1 is 1.14 bits per heavy atom. The highest BCUT2D eigenvalue weighted by atomic mass is 127. The third kappa shape index (κ3) is 1.67. The van der Waals surface area contributed by atoms with E-state index in [1.165, 1.54) is 16.5 Å². The van der Waals surface area contributed by atoms with Gasteiger partial charge >= 0.3 is 0 Å². The van der Waals surface area contributed by atoms with E-state index in [0.29, 0.717) is 0 Å². The van der Waals surface area contributed by atoms with E-state index in [4.69, 9.17) is 0 Å². The molecule has 0 unspecified atom stereocenters. The van der Waals surface area contributed by atoms with Gasteiger partial charge in [0.15, 0.2) is 0 Å². The first-order valence-electron chi connectivity index (χ1n) is 4.76. The number of hydrogen-bond acceptors (Lipinski definition) is 0. The molecule has 0 N–H and O–H groups in total. The number of nitrogens with zero attached hydrogens (tertiary/aromatic N) is 1. The van der Waals surface area contributed by atoms with Crippen LogP contribution in [0.25, 0.3) is 10.9 Å². The molecule has 0 bridgehead atoms. The maximum Gasteiger partial charge on any atom is 0.0640 e. The van der Waals surface area contributed by atoms with Crippen molar-refractivity contribution >= 4 is 33.8 Å². The molecule has 0 aliphatic heterocycles. The quantitative estimate of drug-likeness (QED) is 0.644. The molecule has 0 amide bonds. The van der Waals surface area contributed by atoms with Crippen molar-refractivity contribution in [2.75, 3.05) is 0 Å². The second kappa shape index (κ2) is 3.26. The molecule has 1 aromatic carbocycles. The van der Waals surface area contributed by atoms with Gasteiger partial charge in [-0.3, -0.25) is 2.78 Å². The van der Waals surface area contributed by atoms with Crippen LogP contribution < -0.4 is 0 Å². The predicted octanol–water partition coefficient (Wildman–Crippen LogP) is 4.14. The molecule has 1 aromatic heterocycles. The van der Waals surface area contributed by atoms with Gasteiger partial charge in [0, 0.05) is 11.6 Å². The van der Waals surface area contributed by atoms with E-state index in [1.54, 1.807) is 0 Å². The van der Waals surface area contributed by atoms with Crippen molar-refractivity contribution in [3.05, 3.63) is 36.0 Å². The molecular weight excluding hydrogens is 285 g/mol. The van der Waals surface area contributed by atoms with Crippen LogP contribution in [0.1, 0.15) is 26.3 Å². The standard InChI is InChI=1S/C12H14IN/c1-12(2,3)10-4-5-11-9(8-10)6-7-14(11)13/h4-8H,1-3H3. The molecule has 0 saturated heterocycles. The summed E-state index contributed by atoms with van der Waals surface area (Å²) in [5.74, 6) is 0. The summed E-state index contributed by atoms with van der Waals surface area (Å²) in [6.45, 7) is 6.74. The minimum atomic E-state index is 0.238. The second-order valence-corrected chi connectivity index (χ2v) is 5.69. The topological polar surface area (TPSA) is 4.93 Å². The van der Waals surface area contributed by atoms with Crippen molar-refractivity contribution in [3.63, 3.8) is 0 Å². The molecule has 2 heteroatoms. The Bertz CT molecular complexity index is 463. The normalized spacial score (nSPS) is 12.3. The lowest BCUT2D eigenvalue weighted by Crippen LogP contribution is -2.10. The van der Waals surface area contributed by atoms with Crippen molar-refractivity contribution < 1.29 is 0 Å². The van der Waals surface area contributed by atoms with Gasteiger partial charge in [-0.25, -0.2) is 0 Å². The smallest absolute Gasteiger partial charge is 0.0640 e. The number of hydrogen-bond donors (Lipinski definition) is 0. The molecule has 2 aromatic rings. The Morgan fingerprint density at radius 3 is 2.50 bits per heavy atom. The lowest BCUT2D eigenvalue weighted by molar-refractivity contribution is 0.591. The van der Waals surface area contributed by atoms with E-state index in [0.717, 1.165) is 0 Å². The molecule has 0 atom stereocenters. The van der Waals surface area contributed by atoms with E-state index in [9.17, 15) is 0 Å². The predicted molar refractivity (Wildman–Crippen MR) is 70.1 cm³/mol. The van der Waals surface area contributed by atoms with Crippen molar-refractivity contribution in [2.24, 2.45) is 0 Å². The third-order valence-electron chi connectivity index (χ3n) is 2.51. The lowest BCUT2D eigenvalue weighted by atomic mass is 9.86. The fourth-order valence-electron chi connectivity index (χ4n) is 1.58. The highest BCUT2D eigenvalue weighted by Crippen LogP contribution is 2.27. The van der Waals surface area contributed by atoms with Crippen LogP contribution in [-0.4, -0.2) is 2.78 Å². The van der Waals surface area contributed by atoms with Crippen LogP contribution in [-0.2, 0) is 5.41 Å². The minimum absolute atomic E-state index is 0.238. The van der Waals surface area contributed by atoms with Crippen LogP contribution in [0.2, 0.25) is 0 Å². The highest BCUT2D eigenvalue weighted by Gasteiger charge is 2.14. The first-order valence-corrected chi connectivity index (χ1v) is 5.73. The molecular formula is C12H14IN. The SMILES string of the molecule is CC(C)(C)c1ccc2c(ccn2I)c1. The number of benzene rings is 1. The maximum atomic E-state index is 2.30. The molecule has 0 radical (unpaired) electrons. The van der Waals surface area contributed by atoms with Gasteiger partial charge in [0.25, 0.3) is 0 Å². The van der Waals surface area contributed by atoms with Gasteiger partial charge < -0.3 is 0 Å². The highest BCUT2D eigenvalue weighted by molar-refractivity contribution is 14.1. The van der Waals surface area contributed by atoms with E-state index >= 15 is 0 Å². The van der Waals surface area contributed by atoms with Crippen LogP contribution in [0.3, 0.4) is 0 Å². The molecule has 14 heavy (non-hydrogen) atoms. The van der Waals surface area contributed by atoms with Crippen molar-refractivity contribution in [1.29, 1.82) is 0 Å². The van der Waals surface area contributed by atoms with Gasteiger partial charge in [-0.2, -0.15) is 0 Å². The number of aromatic nitrogens is 1. The average molecular weight is 299 g/mol. The summed E-state index contributed by atoms with van der Waals surface area (Å²) in [5, 5.41) is 1.33. The molecule has 0 saturated carbocycles. The molecule has 2 rings (SSSR count). The van der Waals surface area contributed by atoms with Crippen molar-refractivity contribution in [2.45, 2.75) is 26.2 Å². The first kappa shape index (κ1) is 10.0. The first-order chi connectivity index (χ1) is 6.48. The van der Waals surface area contributed by atoms with Gasteiger partial charge in [-0.1, -0.05) is 26.8 Å². The largest absolute Gasteiger partial charge is 0.290 e. The van der Waals surface area contributed by atoms with Gasteiger partial charge in [0.1, 0.15) is 0 Å². The lowest BCUT2D eigenvalue weighted by Gasteiger charge is -2.18. The van der Waals surface area contributed by atoms with Gasteiger partial charge in [-0.15, -0.1) is 0 Å². The third-order valence-corrected chi connectivity index (χ3v) is 3.35. The number of fused-ring (bicyclic) bond motifs is 1. The summed E-state index contributed by atoms with van der Waals surface area (Å²) in [7, 11) is 0. The Balaban J connectivity index is 2.63. The molecule has 0 aliphatic carbocycles. The number of halogens is 1. The van der Waals surface area contributed by atoms with Gasteiger partial charge in [-0.05, 0) is 29.2 Å². The Hall–Kier alpha value is -0.510. The van der Waals surface area contributed by atoms with Crippen molar-refractivity contribution in [1.82, 2.24) is 2.78 Å². The molecule has 1 nitrogen and oxygen atoms in total. The minimum Gasteiger partial charge on any atom is -0.290 e.